The number of amides is 5. The molecular weight excluding hydrogens is 627 g/mol. The molecule has 0 bridgehead atoms. The third-order valence-corrected chi connectivity index (χ3v) is 11.4. The summed E-state index contributed by atoms with van der Waals surface area (Å²) >= 11 is 4.34. The van der Waals surface area contributed by atoms with E-state index < -0.39 is 64.7 Å². The first kappa shape index (κ1) is 34.8. The van der Waals surface area contributed by atoms with Crippen LogP contribution in [-0.4, -0.2) is 87.9 Å². The standard InChI is InChI=1S/C31H46F3N5O6S/c32-31(33,34)29(44)38-23(17-7-2-1-3-8-17)27(42)39-16-19-9-6-12-21(19)24(39)26(41)37-22(15-18-13-14-35-25(18)40)30(45,46)28(43)36-20-10-4-5-11-20/h17-24,45-46H,1-16H2,(H,35,40)(H,36,43)(H,37,41)(H,38,44)/t18-,19-,21-,22-,23-,24-,30-/m0/s1. The van der Waals surface area contributed by atoms with Gasteiger partial charge in [-0.2, -0.15) is 13.2 Å². The Morgan fingerprint density at radius 3 is 2.22 bits per heavy atom. The van der Waals surface area contributed by atoms with Gasteiger partial charge in [0.2, 0.25) is 22.7 Å². The molecule has 5 rings (SSSR count). The van der Waals surface area contributed by atoms with Crippen molar-refractivity contribution in [1.29, 1.82) is 0 Å². The molecule has 0 aromatic heterocycles. The minimum atomic E-state index is -5.18. The Morgan fingerprint density at radius 1 is 0.913 bits per heavy atom. The normalized spacial score (nSPS) is 29.8. The van der Waals surface area contributed by atoms with Crippen LogP contribution >= 0.6 is 12.6 Å². The van der Waals surface area contributed by atoms with Gasteiger partial charge in [-0.15, -0.1) is 12.6 Å². The number of alkyl halides is 3. The fourth-order valence-corrected chi connectivity index (χ4v) is 8.61. The van der Waals surface area contributed by atoms with Crippen molar-refractivity contribution in [1.82, 2.24) is 26.2 Å². The van der Waals surface area contributed by atoms with E-state index >= 15 is 0 Å². The molecule has 5 amide bonds. The number of hydrogen-bond acceptors (Lipinski definition) is 7. The summed E-state index contributed by atoms with van der Waals surface area (Å²) in [5, 5.41) is 21.8. The third-order valence-electron chi connectivity index (χ3n) is 10.9. The Hall–Kier alpha value is -2.55. The highest BCUT2D eigenvalue weighted by molar-refractivity contribution is 7.82. The highest BCUT2D eigenvalue weighted by atomic mass is 32.1. The lowest BCUT2D eigenvalue weighted by atomic mass is 9.83. The number of nitrogens with one attached hydrogen (secondary N) is 4. The van der Waals surface area contributed by atoms with Gasteiger partial charge in [-0.25, -0.2) is 0 Å². The van der Waals surface area contributed by atoms with Gasteiger partial charge in [-0.3, -0.25) is 24.0 Å². The van der Waals surface area contributed by atoms with Crippen molar-refractivity contribution in [2.75, 3.05) is 13.1 Å². The first-order valence-corrected chi connectivity index (χ1v) is 17.2. The fourth-order valence-electron chi connectivity index (χ4n) is 8.37. The average molecular weight is 674 g/mol. The van der Waals surface area contributed by atoms with Gasteiger partial charge < -0.3 is 31.3 Å². The molecule has 258 valence electrons. The summed E-state index contributed by atoms with van der Waals surface area (Å²) in [6.07, 6.45) is 3.91. The van der Waals surface area contributed by atoms with Gasteiger partial charge in [0, 0.05) is 25.0 Å². The van der Waals surface area contributed by atoms with Gasteiger partial charge in [0.15, 0.2) is 0 Å². The largest absolute Gasteiger partial charge is 0.471 e. The lowest BCUT2D eigenvalue weighted by Crippen LogP contribution is -2.63. The maximum Gasteiger partial charge on any atom is 0.471 e. The molecule has 0 spiro atoms. The SMILES string of the molecule is O=C1NCC[C@H]1C[C@H](NC(=O)[C@@H]1[C@H]2CCC[C@H]2CN1C(=O)[C@@H](NC(=O)C(F)(F)F)C1CCCCC1)[C@](O)(S)C(=O)NC1CCCC1. The summed E-state index contributed by atoms with van der Waals surface area (Å²) in [4.78, 5) is 65.2. The van der Waals surface area contributed by atoms with Crippen LogP contribution < -0.4 is 21.3 Å². The predicted molar refractivity (Wildman–Crippen MR) is 163 cm³/mol. The molecule has 0 radical (unpaired) electrons. The maximum atomic E-state index is 14.2. The number of thiol groups is 1. The maximum absolute atomic E-state index is 14.2. The van der Waals surface area contributed by atoms with Gasteiger partial charge in [0.05, 0.1) is 6.04 Å². The lowest BCUT2D eigenvalue weighted by molar-refractivity contribution is -0.175. The molecule has 15 heteroatoms. The molecule has 0 aromatic rings. The van der Waals surface area contributed by atoms with Crippen molar-refractivity contribution >= 4 is 42.2 Å². The molecule has 46 heavy (non-hydrogen) atoms. The number of carbonyl (C=O) groups is 5. The molecule has 2 saturated heterocycles. The number of nitrogens with zero attached hydrogens (tertiary/aromatic N) is 1. The Morgan fingerprint density at radius 2 is 1.59 bits per heavy atom. The van der Waals surface area contributed by atoms with E-state index in [0.717, 1.165) is 44.9 Å². The van der Waals surface area contributed by atoms with Crippen molar-refractivity contribution in [2.45, 2.75) is 125 Å². The van der Waals surface area contributed by atoms with Gasteiger partial charge in [0.1, 0.15) is 12.1 Å². The summed E-state index contributed by atoms with van der Waals surface area (Å²) in [7, 11) is 0. The molecule has 0 unspecified atom stereocenters. The van der Waals surface area contributed by atoms with Crippen LogP contribution in [0.2, 0.25) is 0 Å². The summed E-state index contributed by atoms with van der Waals surface area (Å²) in [6.45, 7) is 0.556. The van der Waals surface area contributed by atoms with Crippen molar-refractivity contribution < 1.29 is 42.3 Å². The van der Waals surface area contributed by atoms with E-state index in [1.54, 1.807) is 0 Å². The zero-order chi connectivity index (χ0) is 33.2. The molecule has 5 aliphatic rings. The molecule has 11 nitrogen and oxygen atoms in total. The first-order chi connectivity index (χ1) is 21.8. The van der Waals surface area contributed by atoms with Crippen molar-refractivity contribution in [3.63, 3.8) is 0 Å². The number of likely N-dealkylation sites (tertiary alicyclic amines) is 1. The van der Waals surface area contributed by atoms with Gasteiger partial charge in [-0.05, 0) is 69.1 Å². The number of aliphatic hydroxyl groups is 1. The van der Waals surface area contributed by atoms with E-state index in [2.05, 4.69) is 28.6 Å². The molecule has 0 aromatic carbocycles. The monoisotopic (exact) mass is 673 g/mol. The topological polar surface area (TPSA) is 157 Å². The lowest BCUT2D eigenvalue weighted by Gasteiger charge is -2.37. The van der Waals surface area contributed by atoms with Crippen LogP contribution in [0.5, 0.6) is 0 Å². The Kier molecular flexibility index (Phi) is 10.8. The number of hydrogen-bond donors (Lipinski definition) is 6. The van der Waals surface area contributed by atoms with Crippen molar-refractivity contribution in [3.8, 4) is 0 Å². The molecule has 2 heterocycles. The summed E-state index contributed by atoms with van der Waals surface area (Å²) in [5.41, 5.74) is 0. The Labute approximate surface area is 272 Å². The molecule has 3 aliphatic carbocycles. The van der Waals surface area contributed by atoms with Gasteiger partial charge in [-0.1, -0.05) is 38.5 Å². The van der Waals surface area contributed by atoms with Crippen LogP contribution in [0.4, 0.5) is 13.2 Å². The summed E-state index contributed by atoms with van der Waals surface area (Å²) < 4.78 is 40.1. The quantitative estimate of drug-likeness (QED) is 0.154. The smallest absolute Gasteiger partial charge is 0.369 e. The van der Waals surface area contributed by atoms with E-state index in [0.29, 0.717) is 45.1 Å². The third kappa shape index (κ3) is 7.60. The zero-order valence-electron chi connectivity index (χ0n) is 25.9. The van der Waals surface area contributed by atoms with Crippen LogP contribution in [0, 0.1) is 23.7 Å². The van der Waals surface area contributed by atoms with Crippen LogP contribution in [0.1, 0.15) is 89.9 Å². The van der Waals surface area contributed by atoms with Crippen molar-refractivity contribution in [2.24, 2.45) is 23.7 Å². The second kappa shape index (κ2) is 14.3. The molecule has 3 saturated carbocycles. The minimum Gasteiger partial charge on any atom is -0.369 e. The number of fused-ring (bicyclic) bond motifs is 1. The Balaban J connectivity index is 1.40. The van der Waals surface area contributed by atoms with E-state index in [1.165, 1.54) is 4.90 Å². The molecular formula is C31H46F3N5O6S. The van der Waals surface area contributed by atoms with Crippen LogP contribution in [0.15, 0.2) is 0 Å². The average Bonchev–Trinajstić information content (AvgIpc) is 3.81. The van der Waals surface area contributed by atoms with Gasteiger partial charge in [0.25, 0.3) is 5.91 Å². The summed E-state index contributed by atoms with van der Waals surface area (Å²) in [6, 6.07) is -3.99. The van der Waals surface area contributed by atoms with Crippen LogP contribution in [0.3, 0.4) is 0 Å². The number of halogens is 3. The van der Waals surface area contributed by atoms with E-state index in [-0.39, 0.29) is 36.8 Å². The Bertz CT molecular complexity index is 1180. The van der Waals surface area contributed by atoms with E-state index in [9.17, 15) is 42.3 Å². The molecule has 2 aliphatic heterocycles. The van der Waals surface area contributed by atoms with E-state index in [4.69, 9.17) is 0 Å². The van der Waals surface area contributed by atoms with Crippen LogP contribution in [-0.2, 0) is 24.0 Å². The fraction of sp³-hybridized carbons (Fsp3) is 0.839. The highest BCUT2D eigenvalue weighted by Crippen LogP contribution is 2.43. The number of rotatable bonds is 10. The second-order valence-corrected chi connectivity index (χ2v) is 14.6. The molecule has 7 atom stereocenters. The van der Waals surface area contributed by atoms with Gasteiger partial charge >= 0.3 is 12.1 Å². The first-order valence-electron chi connectivity index (χ1n) is 16.8. The highest BCUT2D eigenvalue weighted by Gasteiger charge is 2.54. The van der Waals surface area contributed by atoms with Crippen molar-refractivity contribution in [3.05, 3.63) is 0 Å². The molecule has 5 N–H and O–H groups in total. The molecule has 5 fully saturated rings. The summed E-state index contributed by atoms with van der Waals surface area (Å²) in [5.74, 6) is -6.12. The predicted octanol–water partition coefficient (Wildman–Crippen LogP) is 1.93. The van der Waals surface area contributed by atoms with Crippen LogP contribution in [0.25, 0.3) is 0 Å². The zero-order valence-corrected chi connectivity index (χ0v) is 26.8. The minimum absolute atomic E-state index is 0.0652. The number of carbonyl (C=O) groups excluding carboxylic acids is 5. The van der Waals surface area contributed by atoms with E-state index in [1.807, 2.05) is 5.32 Å². The second-order valence-electron chi connectivity index (χ2n) is 13.9.